The Labute approximate surface area is 253 Å². The third-order valence-electron chi connectivity index (χ3n) is 8.60. The van der Waals surface area contributed by atoms with E-state index in [0.29, 0.717) is 11.6 Å². The van der Waals surface area contributed by atoms with E-state index >= 15 is 0 Å². The third kappa shape index (κ3) is 5.67. The van der Waals surface area contributed by atoms with Crippen LogP contribution in [0.3, 0.4) is 0 Å². The SMILES string of the molecule is CCc1cccc(C)c1NC(=O)c1nn(C)c2c1CCCc1cnc(Nc3ccc(N4CCN(C)CC4)cc3OC)nc1-2. The lowest BCUT2D eigenvalue weighted by Crippen LogP contribution is -2.44. The Morgan fingerprint density at radius 1 is 1.07 bits per heavy atom. The Bertz CT molecular complexity index is 1660. The van der Waals surface area contributed by atoms with Crippen LogP contribution in [-0.4, -0.2) is 70.9 Å². The Balaban J connectivity index is 1.29. The highest BCUT2D eigenvalue weighted by atomic mass is 16.5. The molecule has 6 rings (SSSR count). The number of aryl methyl sites for hydroxylation is 4. The first-order valence-corrected chi connectivity index (χ1v) is 15.1. The van der Waals surface area contributed by atoms with E-state index in [9.17, 15) is 4.79 Å². The Morgan fingerprint density at radius 2 is 1.88 bits per heavy atom. The molecule has 1 aliphatic carbocycles. The first-order chi connectivity index (χ1) is 20.9. The first-order valence-electron chi connectivity index (χ1n) is 15.1. The molecular weight excluding hydrogens is 540 g/mol. The molecule has 2 aromatic heterocycles. The molecule has 224 valence electrons. The number of ether oxygens (including phenoxy) is 1. The van der Waals surface area contributed by atoms with E-state index in [1.54, 1.807) is 11.8 Å². The minimum atomic E-state index is -0.193. The summed E-state index contributed by atoms with van der Waals surface area (Å²) < 4.78 is 7.55. The highest BCUT2D eigenvalue weighted by Gasteiger charge is 2.28. The molecule has 0 saturated carbocycles. The van der Waals surface area contributed by atoms with Crippen LogP contribution in [0.2, 0.25) is 0 Å². The molecule has 0 radical (unpaired) electrons. The summed E-state index contributed by atoms with van der Waals surface area (Å²) in [7, 11) is 5.72. The number of carbonyl (C=O) groups is 1. The van der Waals surface area contributed by atoms with Crippen molar-refractivity contribution in [2.45, 2.75) is 39.5 Å². The number of rotatable bonds is 7. The van der Waals surface area contributed by atoms with Gasteiger partial charge < -0.3 is 25.2 Å². The lowest BCUT2D eigenvalue weighted by atomic mass is 10.0. The molecule has 0 bridgehead atoms. The lowest BCUT2D eigenvalue weighted by Gasteiger charge is -2.34. The number of amides is 1. The van der Waals surface area contributed by atoms with Crippen LogP contribution in [0.1, 0.15) is 46.1 Å². The minimum Gasteiger partial charge on any atom is -0.494 e. The molecule has 1 aliphatic heterocycles. The number of anilines is 4. The van der Waals surface area contributed by atoms with Crippen LogP contribution in [0.25, 0.3) is 11.4 Å². The molecular formula is C33H40N8O2. The van der Waals surface area contributed by atoms with Crippen molar-refractivity contribution in [2.75, 3.05) is 55.9 Å². The molecule has 4 aromatic rings. The summed E-state index contributed by atoms with van der Waals surface area (Å²) in [5, 5.41) is 11.3. The zero-order chi connectivity index (χ0) is 30.1. The van der Waals surface area contributed by atoms with Crippen molar-refractivity contribution in [3.8, 4) is 17.1 Å². The van der Waals surface area contributed by atoms with Gasteiger partial charge in [0.15, 0.2) is 5.69 Å². The number of fused-ring (bicyclic) bond motifs is 3. The predicted octanol–water partition coefficient (Wildman–Crippen LogP) is 4.99. The van der Waals surface area contributed by atoms with Crippen molar-refractivity contribution in [1.82, 2.24) is 24.6 Å². The molecule has 2 N–H and O–H groups in total. The fourth-order valence-corrected chi connectivity index (χ4v) is 6.13. The maximum absolute atomic E-state index is 13.6. The molecule has 1 fully saturated rings. The van der Waals surface area contributed by atoms with Crippen LogP contribution in [0, 0.1) is 6.92 Å². The van der Waals surface area contributed by atoms with Gasteiger partial charge in [-0.05, 0) is 68.5 Å². The summed E-state index contributed by atoms with van der Waals surface area (Å²) in [6.45, 7) is 8.16. The van der Waals surface area contributed by atoms with Crippen LogP contribution in [0.5, 0.6) is 5.75 Å². The van der Waals surface area contributed by atoms with Crippen LogP contribution in [0.4, 0.5) is 23.0 Å². The van der Waals surface area contributed by atoms with Gasteiger partial charge in [-0.2, -0.15) is 5.10 Å². The number of piperazine rings is 1. The second-order valence-electron chi connectivity index (χ2n) is 11.4. The number of hydrogen-bond donors (Lipinski definition) is 2. The van der Waals surface area contributed by atoms with Gasteiger partial charge in [-0.1, -0.05) is 25.1 Å². The molecule has 43 heavy (non-hydrogen) atoms. The number of nitrogens with one attached hydrogen (secondary N) is 2. The van der Waals surface area contributed by atoms with Crippen LogP contribution in [-0.2, 0) is 26.3 Å². The molecule has 10 nitrogen and oxygen atoms in total. The maximum atomic E-state index is 13.6. The third-order valence-corrected chi connectivity index (χ3v) is 8.60. The number of nitrogens with zero attached hydrogens (tertiary/aromatic N) is 6. The van der Waals surface area contributed by atoms with Crippen LogP contribution < -0.4 is 20.3 Å². The second-order valence-corrected chi connectivity index (χ2v) is 11.4. The molecule has 2 aromatic carbocycles. The van der Waals surface area contributed by atoms with E-state index in [4.69, 9.17) is 14.8 Å². The van der Waals surface area contributed by atoms with Crippen molar-refractivity contribution >= 4 is 28.9 Å². The zero-order valence-corrected chi connectivity index (χ0v) is 25.7. The van der Waals surface area contributed by atoms with Crippen molar-refractivity contribution in [3.63, 3.8) is 0 Å². The predicted molar refractivity (Wildman–Crippen MR) is 171 cm³/mol. The van der Waals surface area contributed by atoms with E-state index in [0.717, 1.165) is 108 Å². The van der Waals surface area contributed by atoms with Gasteiger partial charge in [0.2, 0.25) is 5.95 Å². The number of likely N-dealkylation sites (N-methyl/N-ethyl adjacent to an activating group) is 1. The van der Waals surface area contributed by atoms with Gasteiger partial charge in [0.1, 0.15) is 5.75 Å². The standard InChI is InChI=1S/C33H40N8O2/c1-6-22-10-7-9-21(2)28(22)36-32(42)30-25-12-8-11-23-20-34-33(37-29(23)31(25)40(4)38-30)35-26-14-13-24(19-27(26)43-5)41-17-15-39(3)16-18-41/h7,9-10,13-14,19-20H,6,8,11-12,15-18H2,1-5H3,(H,36,42)(H,34,35,37). The van der Waals surface area contributed by atoms with Gasteiger partial charge in [0.05, 0.1) is 24.2 Å². The number of aromatic nitrogens is 4. The summed E-state index contributed by atoms with van der Waals surface area (Å²) in [6, 6.07) is 12.3. The summed E-state index contributed by atoms with van der Waals surface area (Å²) in [6.07, 6.45) is 5.17. The molecule has 0 spiro atoms. The average Bonchev–Trinajstić information content (AvgIpc) is 3.22. The molecule has 1 amide bonds. The monoisotopic (exact) mass is 580 g/mol. The van der Waals surface area contributed by atoms with Crippen molar-refractivity contribution in [2.24, 2.45) is 7.05 Å². The molecule has 3 heterocycles. The number of carbonyl (C=O) groups excluding carboxylic acids is 1. The number of benzene rings is 2. The number of methoxy groups -OCH3 is 1. The molecule has 2 aliphatic rings. The van der Waals surface area contributed by atoms with E-state index in [-0.39, 0.29) is 5.91 Å². The average molecular weight is 581 g/mol. The zero-order valence-electron chi connectivity index (χ0n) is 25.7. The van der Waals surface area contributed by atoms with Crippen LogP contribution in [0.15, 0.2) is 42.6 Å². The smallest absolute Gasteiger partial charge is 0.276 e. The fourth-order valence-electron chi connectivity index (χ4n) is 6.13. The van der Waals surface area contributed by atoms with Gasteiger partial charge in [0.25, 0.3) is 5.91 Å². The van der Waals surface area contributed by atoms with Crippen molar-refractivity contribution in [3.05, 3.63) is 70.5 Å². The largest absolute Gasteiger partial charge is 0.494 e. The lowest BCUT2D eigenvalue weighted by molar-refractivity contribution is 0.102. The minimum absolute atomic E-state index is 0.193. The van der Waals surface area contributed by atoms with Gasteiger partial charge in [0, 0.05) is 62.4 Å². The normalized spacial score (nSPS) is 15.0. The first kappa shape index (κ1) is 28.7. The summed E-state index contributed by atoms with van der Waals surface area (Å²) in [5.41, 5.74) is 9.03. The topological polar surface area (TPSA) is 100 Å². The molecule has 10 heteroatoms. The van der Waals surface area contributed by atoms with E-state index in [1.807, 2.05) is 38.4 Å². The summed E-state index contributed by atoms with van der Waals surface area (Å²) >= 11 is 0. The Kier molecular flexibility index (Phi) is 8.03. The van der Waals surface area contributed by atoms with E-state index in [2.05, 4.69) is 57.6 Å². The molecule has 0 unspecified atom stereocenters. The molecule has 0 atom stereocenters. The summed E-state index contributed by atoms with van der Waals surface area (Å²) in [4.78, 5) is 28.0. The van der Waals surface area contributed by atoms with Gasteiger partial charge in [-0.15, -0.1) is 0 Å². The quantitative estimate of drug-likeness (QED) is 0.315. The van der Waals surface area contributed by atoms with Crippen molar-refractivity contribution in [1.29, 1.82) is 0 Å². The fraction of sp³-hybridized carbons (Fsp3) is 0.394. The van der Waals surface area contributed by atoms with Gasteiger partial charge in [-0.3, -0.25) is 9.48 Å². The Morgan fingerprint density at radius 3 is 2.65 bits per heavy atom. The highest BCUT2D eigenvalue weighted by Crippen LogP contribution is 2.36. The second kappa shape index (κ2) is 12.0. The highest BCUT2D eigenvalue weighted by molar-refractivity contribution is 6.05. The number of para-hydroxylation sites is 1. The van der Waals surface area contributed by atoms with Crippen LogP contribution >= 0.6 is 0 Å². The van der Waals surface area contributed by atoms with Crippen molar-refractivity contribution < 1.29 is 9.53 Å². The van der Waals surface area contributed by atoms with Gasteiger partial charge >= 0.3 is 0 Å². The number of hydrogen-bond acceptors (Lipinski definition) is 8. The molecule has 1 saturated heterocycles. The Hall–Kier alpha value is -4.44. The van der Waals surface area contributed by atoms with Gasteiger partial charge in [-0.25, -0.2) is 9.97 Å². The van der Waals surface area contributed by atoms with E-state index in [1.165, 1.54) is 0 Å². The van der Waals surface area contributed by atoms with E-state index < -0.39 is 0 Å². The summed E-state index contributed by atoms with van der Waals surface area (Å²) in [5.74, 6) is 1.01. The maximum Gasteiger partial charge on any atom is 0.276 e.